The maximum Gasteiger partial charge on any atom is 0.273 e. The van der Waals surface area contributed by atoms with Crippen LogP contribution in [0, 0.1) is 12.3 Å². The van der Waals surface area contributed by atoms with Gasteiger partial charge in [-0.25, -0.2) is 4.98 Å². The summed E-state index contributed by atoms with van der Waals surface area (Å²) in [4.78, 5) is 64.0. The molecule has 5 aromatic rings. The molecule has 1 aliphatic heterocycles. The molecule has 72 heavy (non-hydrogen) atoms. The molecule has 5 atom stereocenters. The number of aliphatic hydroxyl groups excluding tert-OH is 1. The molecule has 9 N–H and O–H groups in total. The summed E-state index contributed by atoms with van der Waals surface area (Å²) in [5.41, 5.74) is 17.5. The lowest BCUT2D eigenvalue weighted by atomic mass is 9.85. The number of nitrogens with zero attached hydrogens (tertiary/aromatic N) is 6. The molecule has 0 spiro atoms. The fourth-order valence-corrected chi connectivity index (χ4v) is 9.58. The lowest BCUT2D eigenvalue weighted by molar-refractivity contribution is -0.144. The van der Waals surface area contributed by atoms with Gasteiger partial charge in [0.05, 0.1) is 74.0 Å². The molecular weight excluding hydrogens is 945 g/mol. The number of aryl methyl sites for hydroxylation is 1. The average Bonchev–Trinajstić information content (AvgIpc) is 4.10. The fourth-order valence-electron chi connectivity index (χ4n) is 8.77. The first-order chi connectivity index (χ1) is 34.7. The number of benzene rings is 2. The highest BCUT2D eigenvalue weighted by molar-refractivity contribution is 7.13. The first-order valence-electron chi connectivity index (χ1n) is 24.4. The van der Waals surface area contributed by atoms with Crippen molar-refractivity contribution < 1.29 is 43.2 Å². The number of fused-ring (bicyclic) bond motifs is 1. The van der Waals surface area contributed by atoms with Gasteiger partial charge in [-0.1, -0.05) is 63.9 Å². The Morgan fingerprint density at radius 3 is 2.31 bits per heavy atom. The molecular formula is C50H68N12O9S. The summed E-state index contributed by atoms with van der Waals surface area (Å²) in [5, 5.41) is 31.9. The molecule has 22 heteroatoms. The SMILES string of the molecule is Cc1ncsc1-c1ccc(CNC(=O)[C@@H]2C[C@@H](O)CN2C(=O)[C@@H](NC(=O)COCCOCCOCCOCCn2ccc3c(Nc4nc(N[C@@H]5CCCC[C@@H]5N)nnc4C(N)=O)cccc32)C(C)(C)C)cc1. The molecule has 21 nitrogen and oxygen atoms in total. The number of nitrogens with two attached hydrogens (primary N) is 2. The molecule has 388 valence electrons. The largest absolute Gasteiger partial charge is 0.391 e. The zero-order valence-corrected chi connectivity index (χ0v) is 42.2. The topological polar surface area (TPSA) is 285 Å². The van der Waals surface area contributed by atoms with Crippen LogP contribution in [0.4, 0.5) is 17.5 Å². The van der Waals surface area contributed by atoms with Crippen LogP contribution in [-0.4, -0.2) is 148 Å². The predicted octanol–water partition coefficient (Wildman–Crippen LogP) is 3.66. The van der Waals surface area contributed by atoms with Crippen molar-refractivity contribution in [2.24, 2.45) is 16.9 Å². The Morgan fingerprint density at radius 1 is 0.917 bits per heavy atom. The summed E-state index contributed by atoms with van der Waals surface area (Å²) in [5.74, 6) is -1.60. The molecule has 7 rings (SSSR count). The normalized spacial score (nSPS) is 18.5. The van der Waals surface area contributed by atoms with Crippen molar-refractivity contribution in [2.75, 3.05) is 70.0 Å². The van der Waals surface area contributed by atoms with Gasteiger partial charge in [-0.15, -0.1) is 21.5 Å². The van der Waals surface area contributed by atoms with Crippen molar-refractivity contribution in [3.63, 3.8) is 0 Å². The van der Waals surface area contributed by atoms with Gasteiger partial charge in [0.1, 0.15) is 18.7 Å². The number of hydrogen-bond acceptors (Lipinski definition) is 17. The number of likely N-dealkylation sites (tertiary alicyclic amines) is 1. The van der Waals surface area contributed by atoms with Gasteiger partial charge < -0.3 is 66.3 Å². The van der Waals surface area contributed by atoms with Crippen LogP contribution in [-0.2, 0) is 46.4 Å². The van der Waals surface area contributed by atoms with E-state index in [1.54, 1.807) is 11.3 Å². The van der Waals surface area contributed by atoms with Crippen LogP contribution < -0.4 is 32.7 Å². The molecule has 0 bridgehead atoms. The van der Waals surface area contributed by atoms with Crippen molar-refractivity contribution in [3.05, 3.63) is 77.2 Å². The van der Waals surface area contributed by atoms with Gasteiger partial charge in [0.15, 0.2) is 11.5 Å². The lowest BCUT2D eigenvalue weighted by Gasteiger charge is -2.35. The van der Waals surface area contributed by atoms with Gasteiger partial charge in [0.2, 0.25) is 23.7 Å². The van der Waals surface area contributed by atoms with Crippen molar-refractivity contribution in [2.45, 2.75) is 103 Å². The first-order valence-corrected chi connectivity index (χ1v) is 25.3. The second kappa shape index (κ2) is 25.5. The van der Waals surface area contributed by atoms with E-state index in [2.05, 4.69) is 46.0 Å². The molecule has 4 heterocycles. The summed E-state index contributed by atoms with van der Waals surface area (Å²) in [6.07, 6.45) is 5.13. The number of primary amides is 1. The van der Waals surface area contributed by atoms with E-state index in [4.69, 9.17) is 30.4 Å². The minimum Gasteiger partial charge on any atom is -0.391 e. The van der Waals surface area contributed by atoms with E-state index in [-0.39, 0.29) is 74.8 Å². The predicted molar refractivity (Wildman–Crippen MR) is 272 cm³/mol. The summed E-state index contributed by atoms with van der Waals surface area (Å²) < 4.78 is 24.7. The Kier molecular flexibility index (Phi) is 19.0. The van der Waals surface area contributed by atoms with Crippen LogP contribution in [0.15, 0.2) is 60.2 Å². The van der Waals surface area contributed by atoms with E-state index >= 15 is 0 Å². The summed E-state index contributed by atoms with van der Waals surface area (Å²) in [6, 6.07) is 13.7. The summed E-state index contributed by atoms with van der Waals surface area (Å²) in [7, 11) is 0. The number of aromatic nitrogens is 5. The maximum atomic E-state index is 14.0. The number of anilines is 3. The van der Waals surface area contributed by atoms with Crippen LogP contribution in [0.25, 0.3) is 21.3 Å². The quantitative estimate of drug-likeness (QED) is 0.0411. The highest BCUT2D eigenvalue weighted by Gasteiger charge is 2.44. The van der Waals surface area contributed by atoms with E-state index in [9.17, 15) is 24.3 Å². The van der Waals surface area contributed by atoms with Crippen LogP contribution in [0.3, 0.4) is 0 Å². The van der Waals surface area contributed by atoms with Gasteiger partial charge in [0.25, 0.3) is 5.91 Å². The molecule has 1 aliphatic carbocycles. The van der Waals surface area contributed by atoms with E-state index < -0.39 is 41.3 Å². The van der Waals surface area contributed by atoms with Gasteiger partial charge >= 0.3 is 0 Å². The molecule has 3 aromatic heterocycles. The number of β-amino-alcohol motifs (C(OH)–C–C–N with tert-alkyl or cyclic N) is 1. The number of carbonyl (C=O) groups is 4. The fraction of sp³-hybridized carbons (Fsp3) is 0.520. The average molecular weight is 1010 g/mol. The number of rotatable bonds is 25. The standard InChI is InChI=1S/C50H68N12O9S/c1-31-43(72-30-54-31)33-14-12-32(13-15-33)27-53-47(66)40-26-34(63)28-62(40)48(67)44(50(2,3)4)57-41(64)29-71-25-24-70-23-22-69-21-20-68-19-18-61-17-16-35-37(10-7-11-39(35)61)55-46-42(45(52)65)59-60-49(58-46)56-38-9-6-5-8-36(38)51/h7,10-17,30,34,36,38,40,44,63H,5-6,8-9,18-29,51H2,1-4H3,(H2,52,65)(H,53,66)(H,57,64)(H2,55,56,58,60)/t34-,36+,38-,40+,44-/m1/s1. The third kappa shape index (κ3) is 14.5. The van der Waals surface area contributed by atoms with E-state index in [1.165, 1.54) is 4.90 Å². The second-order valence-electron chi connectivity index (χ2n) is 19.1. The number of carbonyl (C=O) groups excluding carboxylic acids is 4. The smallest absolute Gasteiger partial charge is 0.273 e. The van der Waals surface area contributed by atoms with Crippen molar-refractivity contribution >= 4 is 63.3 Å². The molecule has 2 fully saturated rings. The zero-order valence-electron chi connectivity index (χ0n) is 41.4. The number of ether oxygens (including phenoxy) is 4. The van der Waals surface area contributed by atoms with Crippen LogP contribution in [0.5, 0.6) is 0 Å². The molecule has 2 aromatic carbocycles. The zero-order chi connectivity index (χ0) is 51.2. The number of nitrogens with one attached hydrogen (secondary N) is 4. The van der Waals surface area contributed by atoms with Crippen molar-refractivity contribution in [1.29, 1.82) is 0 Å². The van der Waals surface area contributed by atoms with Crippen LogP contribution >= 0.6 is 11.3 Å². The Hall–Kier alpha value is -6.14. The van der Waals surface area contributed by atoms with Gasteiger partial charge in [-0.2, -0.15) is 4.98 Å². The number of aliphatic hydroxyl groups is 1. The molecule has 0 unspecified atom stereocenters. The van der Waals surface area contributed by atoms with Crippen molar-refractivity contribution in [3.8, 4) is 10.4 Å². The van der Waals surface area contributed by atoms with Crippen LogP contribution in [0.2, 0.25) is 0 Å². The van der Waals surface area contributed by atoms with Crippen molar-refractivity contribution in [1.82, 2.24) is 40.3 Å². The Balaban J connectivity index is 0.758. The van der Waals surface area contributed by atoms with Gasteiger partial charge in [0, 0.05) is 55.4 Å². The molecule has 0 radical (unpaired) electrons. The van der Waals surface area contributed by atoms with Gasteiger partial charge in [-0.05, 0) is 54.5 Å². The van der Waals surface area contributed by atoms with E-state index in [0.717, 1.165) is 64.0 Å². The highest BCUT2D eigenvalue weighted by atomic mass is 32.1. The third-order valence-corrected chi connectivity index (χ3v) is 13.6. The summed E-state index contributed by atoms with van der Waals surface area (Å²) in [6.45, 7) is 10.2. The van der Waals surface area contributed by atoms with E-state index in [1.807, 2.05) is 87.9 Å². The monoisotopic (exact) mass is 1010 g/mol. The van der Waals surface area contributed by atoms with E-state index in [0.29, 0.717) is 39.6 Å². The molecule has 2 aliphatic rings. The minimum atomic E-state index is -0.974. The molecule has 1 saturated heterocycles. The third-order valence-electron chi connectivity index (χ3n) is 12.7. The lowest BCUT2D eigenvalue weighted by Crippen LogP contribution is -2.58. The number of hydrogen-bond donors (Lipinski definition) is 7. The Bertz CT molecular complexity index is 2600. The highest BCUT2D eigenvalue weighted by Crippen LogP contribution is 2.31. The summed E-state index contributed by atoms with van der Waals surface area (Å²) >= 11 is 1.57. The second-order valence-corrected chi connectivity index (χ2v) is 20.0. The number of amides is 4. The number of thiazole rings is 1. The maximum absolute atomic E-state index is 14.0. The Labute approximate surface area is 423 Å². The van der Waals surface area contributed by atoms with Crippen LogP contribution in [0.1, 0.15) is 74.6 Å². The molecule has 4 amide bonds. The Morgan fingerprint density at radius 2 is 1.62 bits per heavy atom. The van der Waals surface area contributed by atoms with Gasteiger partial charge in [-0.3, -0.25) is 19.2 Å². The minimum absolute atomic E-state index is 0.0101. The first kappa shape index (κ1) is 53.7. The molecule has 1 saturated carbocycles.